The first-order valence-corrected chi connectivity index (χ1v) is 6.86. The van der Waals surface area contributed by atoms with Crippen LogP contribution in [0.15, 0.2) is 18.2 Å². The van der Waals surface area contributed by atoms with Crippen LogP contribution in [-0.4, -0.2) is 48.4 Å². The Kier molecular flexibility index (Phi) is 4.56. The number of carbonyl (C=O) groups is 1. The minimum atomic E-state index is 0.0610. The molecule has 0 unspecified atom stereocenters. The first kappa shape index (κ1) is 14.0. The van der Waals surface area contributed by atoms with Crippen LogP contribution in [0.3, 0.4) is 0 Å². The van der Waals surface area contributed by atoms with Crippen LogP contribution >= 0.6 is 0 Å². The fraction of sp³-hybridized carbons (Fsp3) is 0.533. The molecule has 1 aromatic carbocycles. The molecule has 1 amide bonds. The molecule has 4 nitrogen and oxygen atoms in total. The summed E-state index contributed by atoms with van der Waals surface area (Å²) < 4.78 is 0. The van der Waals surface area contributed by atoms with Crippen LogP contribution in [0.4, 0.5) is 0 Å². The Balaban J connectivity index is 1.88. The zero-order valence-corrected chi connectivity index (χ0v) is 11.9. The topological polar surface area (TPSA) is 49.6 Å². The van der Waals surface area contributed by atoms with Crippen LogP contribution in [0.25, 0.3) is 0 Å². The lowest BCUT2D eigenvalue weighted by molar-refractivity contribution is -0.131. The number of nitrogens with zero attached hydrogens (tertiary/aromatic N) is 2. The Hall–Kier alpha value is -1.39. The third kappa shape index (κ3) is 3.55. The summed E-state index contributed by atoms with van der Waals surface area (Å²) in [4.78, 5) is 15.7. The highest BCUT2D eigenvalue weighted by Gasteiger charge is 2.19. The second-order valence-corrected chi connectivity index (χ2v) is 5.28. The van der Waals surface area contributed by atoms with Crippen molar-refractivity contribution < 1.29 is 4.79 Å². The Labute approximate surface area is 115 Å². The van der Waals surface area contributed by atoms with Gasteiger partial charge in [-0.3, -0.25) is 9.69 Å². The summed E-state index contributed by atoms with van der Waals surface area (Å²) in [7, 11) is 0. The van der Waals surface area contributed by atoms with Crippen molar-refractivity contribution in [3.63, 3.8) is 0 Å². The number of hydrogen-bond acceptors (Lipinski definition) is 3. The molecule has 1 aliphatic heterocycles. The molecule has 1 aromatic rings. The second kappa shape index (κ2) is 6.17. The number of hydrogen-bond donors (Lipinski definition) is 1. The minimum Gasteiger partial charge on any atom is -0.339 e. The summed E-state index contributed by atoms with van der Waals surface area (Å²) in [6.07, 6.45) is 0. The maximum absolute atomic E-state index is 11.5. The van der Waals surface area contributed by atoms with E-state index in [0.29, 0.717) is 0 Å². The number of amides is 1. The maximum atomic E-state index is 11.5. The summed E-state index contributed by atoms with van der Waals surface area (Å²) in [5.41, 5.74) is 9.41. The zero-order valence-electron chi connectivity index (χ0n) is 11.9. The van der Waals surface area contributed by atoms with Crippen molar-refractivity contribution >= 4 is 5.91 Å². The van der Waals surface area contributed by atoms with Crippen molar-refractivity contribution in [3.05, 3.63) is 34.9 Å². The monoisotopic (exact) mass is 261 g/mol. The number of nitrogens with two attached hydrogens (primary N) is 1. The van der Waals surface area contributed by atoms with Gasteiger partial charge in [0.1, 0.15) is 0 Å². The molecule has 0 aliphatic carbocycles. The van der Waals surface area contributed by atoms with Crippen LogP contribution in [0.1, 0.15) is 16.7 Å². The molecular weight excluding hydrogens is 238 g/mol. The van der Waals surface area contributed by atoms with Gasteiger partial charge < -0.3 is 10.6 Å². The van der Waals surface area contributed by atoms with Gasteiger partial charge in [-0.15, -0.1) is 0 Å². The average molecular weight is 261 g/mol. The van der Waals surface area contributed by atoms with Gasteiger partial charge in [0, 0.05) is 32.7 Å². The van der Waals surface area contributed by atoms with Gasteiger partial charge in [0.15, 0.2) is 0 Å². The molecule has 0 aromatic heterocycles. The van der Waals surface area contributed by atoms with E-state index in [1.165, 1.54) is 16.7 Å². The Bertz CT molecular complexity index is 451. The molecular formula is C15H23N3O. The number of rotatable bonds is 3. The molecule has 4 heteroatoms. The molecule has 0 bridgehead atoms. The molecule has 19 heavy (non-hydrogen) atoms. The second-order valence-electron chi connectivity index (χ2n) is 5.28. The van der Waals surface area contributed by atoms with Gasteiger partial charge in [-0.2, -0.15) is 0 Å². The van der Waals surface area contributed by atoms with Gasteiger partial charge in [-0.1, -0.05) is 18.2 Å². The van der Waals surface area contributed by atoms with Crippen molar-refractivity contribution in [2.75, 3.05) is 32.7 Å². The molecule has 104 valence electrons. The predicted molar refractivity (Wildman–Crippen MR) is 76.8 cm³/mol. The molecule has 1 fully saturated rings. The fourth-order valence-electron chi connectivity index (χ4n) is 2.44. The van der Waals surface area contributed by atoms with E-state index in [1.54, 1.807) is 0 Å². The van der Waals surface area contributed by atoms with Crippen molar-refractivity contribution in [1.29, 1.82) is 0 Å². The van der Waals surface area contributed by atoms with Gasteiger partial charge in [0.05, 0.1) is 6.54 Å². The third-order valence-electron chi connectivity index (χ3n) is 3.88. The van der Waals surface area contributed by atoms with Crippen LogP contribution in [-0.2, 0) is 11.3 Å². The van der Waals surface area contributed by atoms with E-state index in [1.807, 2.05) is 4.90 Å². The minimum absolute atomic E-state index is 0.0610. The Morgan fingerprint density at radius 1 is 1.16 bits per heavy atom. The van der Waals surface area contributed by atoms with Gasteiger partial charge in [0.2, 0.25) is 5.91 Å². The van der Waals surface area contributed by atoms with E-state index in [0.717, 1.165) is 32.7 Å². The smallest absolute Gasteiger partial charge is 0.236 e. The van der Waals surface area contributed by atoms with Crippen LogP contribution in [0.5, 0.6) is 0 Å². The molecule has 2 N–H and O–H groups in total. The van der Waals surface area contributed by atoms with E-state index in [9.17, 15) is 4.79 Å². The highest BCUT2D eigenvalue weighted by Crippen LogP contribution is 2.13. The SMILES string of the molecule is Cc1ccc(CN2CCN(C(=O)CN)CC2)cc1C. The molecule has 0 atom stereocenters. The lowest BCUT2D eigenvalue weighted by atomic mass is 10.1. The summed E-state index contributed by atoms with van der Waals surface area (Å²) in [6.45, 7) is 8.81. The van der Waals surface area contributed by atoms with E-state index < -0.39 is 0 Å². The Morgan fingerprint density at radius 2 is 1.84 bits per heavy atom. The molecule has 1 aliphatic rings. The maximum Gasteiger partial charge on any atom is 0.236 e. The summed E-state index contributed by atoms with van der Waals surface area (Å²) in [5, 5.41) is 0. The third-order valence-corrected chi connectivity index (χ3v) is 3.88. The van der Waals surface area contributed by atoms with E-state index >= 15 is 0 Å². The Morgan fingerprint density at radius 3 is 2.42 bits per heavy atom. The van der Waals surface area contributed by atoms with Gasteiger partial charge in [-0.05, 0) is 30.5 Å². The standard InChI is InChI=1S/C15H23N3O/c1-12-3-4-14(9-13(12)2)11-17-5-7-18(8-6-17)15(19)10-16/h3-4,9H,5-8,10-11,16H2,1-2H3. The molecule has 2 rings (SSSR count). The van der Waals surface area contributed by atoms with E-state index in [2.05, 4.69) is 36.9 Å². The predicted octanol–water partition coefficient (Wildman–Crippen LogP) is 0.906. The van der Waals surface area contributed by atoms with Gasteiger partial charge in [-0.25, -0.2) is 0 Å². The van der Waals surface area contributed by atoms with Crippen molar-refractivity contribution in [1.82, 2.24) is 9.80 Å². The highest BCUT2D eigenvalue weighted by molar-refractivity contribution is 5.78. The van der Waals surface area contributed by atoms with E-state index in [4.69, 9.17) is 5.73 Å². The molecule has 1 heterocycles. The van der Waals surface area contributed by atoms with Crippen LogP contribution < -0.4 is 5.73 Å². The summed E-state index contributed by atoms with van der Waals surface area (Å²) >= 11 is 0. The first-order chi connectivity index (χ1) is 9.10. The fourth-order valence-corrected chi connectivity index (χ4v) is 2.44. The van der Waals surface area contributed by atoms with Crippen molar-refractivity contribution in [2.24, 2.45) is 5.73 Å². The number of carbonyl (C=O) groups excluding carboxylic acids is 1. The number of benzene rings is 1. The van der Waals surface area contributed by atoms with Gasteiger partial charge >= 0.3 is 0 Å². The number of piperazine rings is 1. The average Bonchev–Trinajstić information content (AvgIpc) is 2.43. The van der Waals surface area contributed by atoms with Crippen molar-refractivity contribution in [2.45, 2.75) is 20.4 Å². The van der Waals surface area contributed by atoms with E-state index in [-0.39, 0.29) is 12.5 Å². The molecule has 1 saturated heterocycles. The lowest BCUT2D eigenvalue weighted by Gasteiger charge is -2.34. The van der Waals surface area contributed by atoms with Gasteiger partial charge in [0.25, 0.3) is 0 Å². The quantitative estimate of drug-likeness (QED) is 0.880. The largest absolute Gasteiger partial charge is 0.339 e. The summed E-state index contributed by atoms with van der Waals surface area (Å²) in [5.74, 6) is 0.0610. The van der Waals surface area contributed by atoms with Crippen molar-refractivity contribution in [3.8, 4) is 0 Å². The lowest BCUT2D eigenvalue weighted by Crippen LogP contribution is -2.49. The normalized spacial score (nSPS) is 16.7. The zero-order chi connectivity index (χ0) is 13.8. The molecule has 0 radical (unpaired) electrons. The molecule has 0 saturated carbocycles. The molecule has 0 spiro atoms. The number of aryl methyl sites for hydroxylation is 2. The first-order valence-electron chi connectivity index (χ1n) is 6.86. The van der Waals surface area contributed by atoms with Crippen LogP contribution in [0, 0.1) is 13.8 Å². The van der Waals surface area contributed by atoms with Crippen LogP contribution in [0.2, 0.25) is 0 Å². The highest BCUT2D eigenvalue weighted by atomic mass is 16.2. The summed E-state index contributed by atoms with van der Waals surface area (Å²) in [6, 6.07) is 6.63.